The standard InChI is InChI=1S/C18H34N2O3/c1-2-3-4-5-6-7-8-9-10-14-17(21)20-15-12-11-13-16(19)18(22)23/h9-10,16H,2-8,11-15,19H2,1H3,(H,20,21)(H,22,23)/b10-9+/t16-/m0/s1. The Bertz CT molecular complexity index is 343. The second-order valence-electron chi connectivity index (χ2n) is 6.02. The zero-order valence-corrected chi connectivity index (χ0v) is 14.6. The van der Waals surface area contributed by atoms with Crippen molar-refractivity contribution in [3.05, 3.63) is 12.2 Å². The molecular formula is C18H34N2O3. The molecule has 0 spiro atoms. The number of hydrogen-bond donors (Lipinski definition) is 3. The van der Waals surface area contributed by atoms with Crippen LogP contribution in [-0.2, 0) is 9.59 Å². The first-order chi connectivity index (χ1) is 11.1. The molecule has 4 N–H and O–H groups in total. The Labute approximate surface area is 140 Å². The average molecular weight is 326 g/mol. The molecule has 0 aromatic heterocycles. The van der Waals surface area contributed by atoms with E-state index in [2.05, 4.69) is 18.3 Å². The summed E-state index contributed by atoms with van der Waals surface area (Å²) in [6.07, 6.45) is 15.1. The highest BCUT2D eigenvalue weighted by molar-refractivity contribution is 5.77. The first kappa shape index (κ1) is 21.6. The monoisotopic (exact) mass is 326 g/mol. The summed E-state index contributed by atoms with van der Waals surface area (Å²) in [4.78, 5) is 22.1. The van der Waals surface area contributed by atoms with Crippen LogP contribution >= 0.6 is 0 Å². The van der Waals surface area contributed by atoms with Crippen molar-refractivity contribution >= 4 is 11.9 Å². The van der Waals surface area contributed by atoms with Crippen LogP contribution < -0.4 is 11.1 Å². The number of carbonyl (C=O) groups excluding carboxylic acids is 1. The number of unbranched alkanes of at least 4 members (excludes halogenated alkanes) is 7. The number of amides is 1. The SMILES string of the molecule is CCCCCCCC/C=C/CC(=O)NCCCC[C@H](N)C(=O)O. The van der Waals surface area contributed by atoms with Crippen LogP contribution in [0.3, 0.4) is 0 Å². The lowest BCUT2D eigenvalue weighted by atomic mass is 10.1. The fourth-order valence-electron chi connectivity index (χ4n) is 2.26. The molecule has 0 bridgehead atoms. The summed E-state index contributed by atoms with van der Waals surface area (Å²) in [5.41, 5.74) is 5.40. The lowest BCUT2D eigenvalue weighted by Crippen LogP contribution is -2.30. The van der Waals surface area contributed by atoms with Crippen LogP contribution in [0.2, 0.25) is 0 Å². The normalized spacial score (nSPS) is 12.4. The third-order valence-corrected chi connectivity index (χ3v) is 3.78. The van der Waals surface area contributed by atoms with Crippen LogP contribution in [0.25, 0.3) is 0 Å². The third kappa shape index (κ3) is 15.3. The van der Waals surface area contributed by atoms with Gasteiger partial charge in [-0.05, 0) is 32.1 Å². The van der Waals surface area contributed by atoms with Crippen molar-refractivity contribution in [3.63, 3.8) is 0 Å². The lowest BCUT2D eigenvalue weighted by molar-refractivity contribution is -0.138. The molecule has 0 radical (unpaired) electrons. The van der Waals surface area contributed by atoms with Crippen molar-refractivity contribution in [3.8, 4) is 0 Å². The van der Waals surface area contributed by atoms with Crippen molar-refractivity contribution in [2.24, 2.45) is 5.73 Å². The molecule has 1 atom stereocenters. The van der Waals surface area contributed by atoms with Crippen LogP contribution in [-0.4, -0.2) is 29.6 Å². The van der Waals surface area contributed by atoms with Crippen LogP contribution in [0.15, 0.2) is 12.2 Å². The van der Waals surface area contributed by atoms with Crippen molar-refractivity contribution in [1.82, 2.24) is 5.32 Å². The number of carbonyl (C=O) groups is 2. The van der Waals surface area contributed by atoms with Gasteiger partial charge in [0.1, 0.15) is 6.04 Å². The van der Waals surface area contributed by atoms with Gasteiger partial charge in [0, 0.05) is 13.0 Å². The summed E-state index contributed by atoms with van der Waals surface area (Å²) in [6, 6.07) is -0.796. The summed E-state index contributed by atoms with van der Waals surface area (Å²) in [5, 5.41) is 11.5. The maximum atomic E-state index is 11.6. The molecule has 0 aromatic carbocycles. The zero-order chi connectivity index (χ0) is 17.3. The van der Waals surface area contributed by atoms with Gasteiger partial charge in [0.2, 0.25) is 5.91 Å². The molecule has 5 heteroatoms. The highest BCUT2D eigenvalue weighted by Crippen LogP contribution is 2.07. The minimum absolute atomic E-state index is 0.0201. The number of carboxylic acid groups (broad SMARTS) is 1. The number of nitrogens with one attached hydrogen (secondary N) is 1. The van der Waals surface area contributed by atoms with Crippen molar-refractivity contribution in [1.29, 1.82) is 0 Å². The fourth-order valence-corrected chi connectivity index (χ4v) is 2.26. The minimum atomic E-state index is -0.968. The van der Waals surface area contributed by atoms with E-state index in [-0.39, 0.29) is 5.91 Å². The van der Waals surface area contributed by atoms with Gasteiger partial charge in [-0.3, -0.25) is 9.59 Å². The molecule has 5 nitrogen and oxygen atoms in total. The molecule has 0 aliphatic carbocycles. The van der Waals surface area contributed by atoms with Gasteiger partial charge < -0.3 is 16.2 Å². The zero-order valence-electron chi connectivity index (χ0n) is 14.6. The number of carboxylic acids is 1. The predicted octanol–water partition coefficient (Wildman–Crippen LogP) is 3.38. The molecule has 134 valence electrons. The fraction of sp³-hybridized carbons (Fsp3) is 0.778. The van der Waals surface area contributed by atoms with Gasteiger partial charge in [-0.2, -0.15) is 0 Å². The average Bonchev–Trinajstić information content (AvgIpc) is 2.52. The van der Waals surface area contributed by atoms with E-state index in [1.807, 2.05) is 6.08 Å². The molecule has 23 heavy (non-hydrogen) atoms. The van der Waals surface area contributed by atoms with E-state index in [0.29, 0.717) is 25.8 Å². The molecule has 0 saturated heterocycles. The van der Waals surface area contributed by atoms with Crippen molar-refractivity contribution in [2.45, 2.75) is 83.6 Å². The van der Waals surface area contributed by atoms with Crippen molar-refractivity contribution in [2.75, 3.05) is 6.54 Å². The lowest BCUT2D eigenvalue weighted by Gasteiger charge is -2.06. The number of rotatable bonds is 15. The van der Waals surface area contributed by atoms with Gasteiger partial charge in [-0.25, -0.2) is 0 Å². The van der Waals surface area contributed by atoms with Crippen LogP contribution in [0.5, 0.6) is 0 Å². The van der Waals surface area contributed by atoms with Gasteiger partial charge in [0.25, 0.3) is 0 Å². The minimum Gasteiger partial charge on any atom is -0.480 e. The number of allylic oxidation sites excluding steroid dienone is 1. The van der Waals surface area contributed by atoms with E-state index in [1.54, 1.807) is 0 Å². The Morgan fingerprint density at radius 3 is 2.43 bits per heavy atom. The molecule has 0 unspecified atom stereocenters. The Hall–Kier alpha value is -1.36. The summed E-state index contributed by atoms with van der Waals surface area (Å²) in [7, 11) is 0. The van der Waals surface area contributed by atoms with E-state index in [0.717, 1.165) is 12.8 Å². The van der Waals surface area contributed by atoms with E-state index in [1.165, 1.54) is 38.5 Å². The summed E-state index contributed by atoms with van der Waals surface area (Å²) >= 11 is 0. The molecule has 0 aliphatic heterocycles. The Balaban J connectivity index is 3.39. The van der Waals surface area contributed by atoms with E-state index >= 15 is 0 Å². The predicted molar refractivity (Wildman–Crippen MR) is 94.2 cm³/mol. The molecule has 0 saturated carbocycles. The summed E-state index contributed by atoms with van der Waals surface area (Å²) in [6.45, 7) is 2.80. The summed E-state index contributed by atoms with van der Waals surface area (Å²) in [5.74, 6) is -0.948. The van der Waals surface area contributed by atoms with Crippen LogP contribution in [0, 0.1) is 0 Å². The van der Waals surface area contributed by atoms with Gasteiger partial charge in [0.05, 0.1) is 0 Å². The highest BCUT2D eigenvalue weighted by atomic mass is 16.4. The smallest absolute Gasteiger partial charge is 0.320 e. The number of hydrogen-bond acceptors (Lipinski definition) is 3. The number of aliphatic carboxylic acids is 1. The van der Waals surface area contributed by atoms with Crippen LogP contribution in [0.4, 0.5) is 0 Å². The molecule has 0 heterocycles. The maximum absolute atomic E-state index is 11.6. The largest absolute Gasteiger partial charge is 0.480 e. The highest BCUT2D eigenvalue weighted by Gasteiger charge is 2.09. The molecule has 1 amide bonds. The van der Waals surface area contributed by atoms with E-state index in [4.69, 9.17) is 10.8 Å². The van der Waals surface area contributed by atoms with Gasteiger partial charge in [-0.1, -0.05) is 51.2 Å². The third-order valence-electron chi connectivity index (χ3n) is 3.78. The Morgan fingerprint density at radius 2 is 1.74 bits per heavy atom. The quantitative estimate of drug-likeness (QED) is 0.318. The Morgan fingerprint density at radius 1 is 1.04 bits per heavy atom. The molecule has 0 fully saturated rings. The topological polar surface area (TPSA) is 92.4 Å². The van der Waals surface area contributed by atoms with Crippen molar-refractivity contribution < 1.29 is 14.7 Å². The van der Waals surface area contributed by atoms with Gasteiger partial charge in [0.15, 0.2) is 0 Å². The molecular weight excluding hydrogens is 292 g/mol. The van der Waals surface area contributed by atoms with E-state index in [9.17, 15) is 9.59 Å². The second kappa shape index (κ2) is 15.5. The summed E-state index contributed by atoms with van der Waals surface area (Å²) < 4.78 is 0. The Kier molecular flexibility index (Phi) is 14.6. The van der Waals surface area contributed by atoms with E-state index < -0.39 is 12.0 Å². The molecule has 0 aromatic rings. The maximum Gasteiger partial charge on any atom is 0.320 e. The molecule has 0 rings (SSSR count). The van der Waals surface area contributed by atoms with Crippen LogP contribution in [0.1, 0.15) is 77.6 Å². The number of nitrogens with two attached hydrogens (primary N) is 1. The first-order valence-electron chi connectivity index (χ1n) is 8.98. The second-order valence-corrected chi connectivity index (χ2v) is 6.02. The molecule has 0 aliphatic rings. The van der Waals surface area contributed by atoms with Gasteiger partial charge in [-0.15, -0.1) is 0 Å². The van der Waals surface area contributed by atoms with Gasteiger partial charge >= 0.3 is 5.97 Å². The first-order valence-corrected chi connectivity index (χ1v) is 8.98.